The fourth-order valence-electron chi connectivity index (χ4n) is 2.95. The predicted octanol–water partition coefficient (Wildman–Crippen LogP) is 1.58. The molecule has 1 saturated heterocycles. The quantitative estimate of drug-likeness (QED) is 0.621. The Morgan fingerprint density at radius 1 is 1.40 bits per heavy atom. The smallest absolute Gasteiger partial charge is 0.324 e. The van der Waals surface area contributed by atoms with E-state index in [0.717, 1.165) is 11.3 Å². The van der Waals surface area contributed by atoms with Crippen molar-refractivity contribution in [2.45, 2.75) is 32.2 Å². The number of carbonyl (C=O) groups is 3. The van der Waals surface area contributed by atoms with E-state index < -0.39 is 10.9 Å². The lowest BCUT2D eigenvalue weighted by Gasteiger charge is -2.28. The summed E-state index contributed by atoms with van der Waals surface area (Å²) in [5.41, 5.74) is 0.282. The first kappa shape index (κ1) is 18.8. The predicted molar refractivity (Wildman–Crippen MR) is 89.5 cm³/mol. The van der Waals surface area contributed by atoms with Crippen molar-refractivity contribution in [2.75, 3.05) is 19.6 Å². The van der Waals surface area contributed by atoms with E-state index in [-0.39, 0.29) is 35.0 Å². The van der Waals surface area contributed by atoms with Crippen LogP contribution < -0.4 is 0 Å². The zero-order valence-electron chi connectivity index (χ0n) is 13.7. The van der Waals surface area contributed by atoms with Crippen molar-refractivity contribution in [1.82, 2.24) is 9.80 Å². The van der Waals surface area contributed by atoms with Gasteiger partial charge in [-0.15, -0.1) is 0 Å². The van der Waals surface area contributed by atoms with Crippen molar-refractivity contribution < 1.29 is 24.4 Å². The number of hydrogen-bond acceptors (Lipinski definition) is 6. The Labute approximate surface area is 148 Å². The van der Waals surface area contributed by atoms with E-state index in [0.29, 0.717) is 32.4 Å². The summed E-state index contributed by atoms with van der Waals surface area (Å²) in [7, 11) is 0. The molecule has 2 amide bonds. The molecule has 0 saturated carbocycles. The maximum Gasteiger partial charge on any atom is 0.324 e. The van der Waals surface area contributed by atoms with Gasteiger partial charge in [-0.3, -0.25) is 24.5 Å². The van der Waals surface area contributed by atoms with Gasteiger partial charge in [0.15, 0.2) is 0 Å². The molecule has 1 fully saturated rings. The van der Waals surface area contributed by atoms with Gasteiger partial charge < -0.3 is 14.9 Å². The van der Waals surface area contributed by atoms with Crippen LogP contribution in [0.5, 0.6) is 0 Å². The molecule has 1 aromatic heterocycles. The van der Waals surface area contributed by atoms with Crippen LogP contribution in [0.1, 0.15) is 36.5 Å². The zero-order valence-corrected chi connectivity index (χ0v) is 14.5. The highest BCUT2D eigenvalue weighted by molar-refractivity contribution is 7.13. The van der Waals surface area contributed by atoms with Crippen molar-refractivity contribution in [2.24, 2.45) is 0 Å². The van der Waals surface area contributed by atoms with Crippen molar-refractivity contribution >= 4 is 34.1 Å². The maximum absolute atomic E-state index is 12.5. The number of amides is 2. The largest absolute Gasteiger partial charge is 0.480 e. The van der Waals surface area contributed by atoms with Gasteiger partial charge in [0.2, 0.25) is 5.91 Å². The molecule has 1 N–H and O–H groups in total. The summed E-state index contributed by atoms with van der Waals surface area (Å²) in [5.74, 6) is -1.66. The first-order valence-corrected chi connectivity index (χ1v) is 8.68. The summed E-state index contributed by atoms with van der Waals surface area (Å²) >= 11 is 0.907. The van der Waals surface area contributed by atoms with Crippen LogP contribution in [0.3, 0.4) is 0 Å². The number of carboxylic acid groups (broad SMARTS) is 1. The zero-order chi connectivity index (χ0) is 18.6. The Hall–Kier alpha value is -2.49. The van der Waals surface area contributed by atoms with Crippen LogP contribution in [0.15, 0.2) is 11.4 Å². The number of carbonyl (C=O) groups excluding carboxylic acids is 2. The molecule has 2 heterocycles. The number of nitro groups is 1. The van der Waals surface area contributed by atoms with Gasteiger partial charge in [-0.25, -0.2) is 0 Å². The molecule has 10 heteroatoms. The molecular formula is C15H19N3O6S. The fourth-order valence-corrected chi connectivity index (χ4v) is 3.65. The van der Waals surface area contributed by atoms with Gasteiger partial charge >= 0.3 is 11.0 Å². The molecule has 0 aliphatic carbocycles. The topological polar surface area (TPSA) is 121 Å². The van der Waals surface area contributed by atoms with Gasteiger partial charge in [-0.1, -0.05) is 11.3 Å². The average Bonchev–Trinajstić information content (AvgIpc) is 2.91. The van der Waals surface area contributed by atoms with E-state index >= 15 is 0 Å². The van der Waals surface area contributed by atoms with Gasteiger partial charge in [0.1, 0.15) is 6.54 Å². The third-order valence-electron chi connectivity index (χ3n) is 4.15. The SMILES string of the molecule is CC(=O)N(CC(=O)O)C1CCCN(C(=O)c2csc([N+](=O)[O-])c2)CC1. The Morgan fingerprint density at radius 2 is 2.12 bits per heavy atom. The highest BCUT2D eigenvalue weighted by Gasteiger charge is 2.28. The molecule has 0 bridgehead atoms. The number of thiophene rings is 1. The second kappa shape index (κ2) is 8.06. The highest BCUT2D eigenvalue weighted by atomic mass is 32.1. The Bertz CT molecular complexity index is 689. The minimum atomic E-state index is -1.07. The first-order valence-electron chi connectivity index (χ1n) is 7.80. The van der Waals surface area contributed by atoms with E-state index in [1.54, 1.807) is 4.90 Å². The standard InChI is InChI=1S/C15H19N3O6S/c1-10(19)17(8-14(20)21)12-3-2-5-16(6-4-12)15(22)11-7-13(18(23)24)25-9-11/h7,9,12H,2-6,8H2,1H3,(H,20,21). The average molecular weight is 369 g/mol. The molecule has 1 aliphatic heterocycles. The molecule has 1 atom stereocenters. The molecular weight excluding hydrogens is 350 g/mol. The summed E-state index contributed by atoms with van der Waals surface area (Å²) < 4.78 is 0. The summed E-state index contributed by atoms with van der Waals surface area (Å²) in [5, 5.41) is 21.1. The van der Waals surface area contributed by atoms with Gasteiger partial charge in [0, 0.05) is 37.5 Å². The molecule has 0 spiro atoms. The number of aliphatic carboxylic acids is 1. The lowest BCUT2D eigenvalue weighted by molar-refractivity contribution is -0.380. The lowest BCUT2D eigenvalue weighted by Crippen LogP contribution is -2.43. The van der Waals surface area contributed by atoms with Gasteiger partial charge in [0.05, 0.1) is 10.5 Å². The van der Waals surface area contributed by atoms with Crippen LogP contribution in [0.4, 0.5) is 5.00 Å². The van der Waals surface area contributed by atoms with Crippen LogP contribution in [-0.4, -0.2) is 63.3 Å². The van der Waals surface area contributed by atoms with Crippen LogP contribution in [-0.2, 0) is 9.59 Å². The number of hydrogen-bond donors (Lipinski definition) is 1. The van der Waals surface area contributed by atoms with Crippen LogP contribution in [0, 0.1) is 10.1 Å². The normalized spacial score (nSPS) is 17.6. The third-order valence-corrected chi connectivity index (χ3v) is 5.03. The first-order chi connectivity index (χ1) is 11.8. The minimum Gasteiger partial charge on any atom is -0.480 e. The molecule has 1 aromatic rings. The van der Waals surface area contributed by atoms with E-state index in [1.165, 1.54) is 23.3 Å². The molecule has 0 radical (unpaired) electrons. The summed E-state index contributed by atoms with van der Waals surface area (Å²) in [4.78, 5) is 48.3. The number of likely N-dealkylation sites (tertiary alicyclic amines) is 1. The van der Waals surface area contributed by atoms with Crippen molar-refractivity contribution in [1.29, 1.82) is 0 Å². The van der Waals surface area contributed by atoms with Crippen molar-refractivity contribution in [3.63, 3.8) is 0 Å². The molecule has 136 valence electrons. The van der Waals surface area contributed by atoms with E-state index in [9.17, 15) is 24.5 Å². The van der Waals surface area contributed by atoms with Crippen molar-refractivity contribution in [3.05, 3.63) is 27.1 Å². The maximum atomic E-state index is 12.5. The van der Waals surface area contributed by atoms with E-state index in [4.69, 9.17) is 5.11 Å². The highest BCUT2D eigenvalue weighted by Crippen LogP contribution is 2.25. The van der Waals surface area contributed by atoms with Crippen LogP contribution in [0.25, 0.3) is 0 Å². The summed E-state index contributed by atoms with van der Waals surface area (Å²) in [6.07, 6.45) is 1.72. The Kier molecular flexibility index (Phi) is 6.07. The Morgan fingerprint density at radius 3 is 2.68 bits per heavy atom. The molecule has 2 rings (SSSR count). The molecule has 25 heavy (non-hydrogen) atoms. The number of nitrogens with zero attached hydrogens (tertiary/aromatic N) is 3. The summed E-state index contributed by atoms with van der Waals surface area (Å²) in [6, 6.07) is 1.03. The monoisotopic (exact) mass is 369 g/mol. The minimum absolute atomic E-state index is 0.0831. The lowest BCUT2D eigenvalue weighted by atomic mass is 10.1. The van der Waals surface area contributed by atoms with Gasteiger partial charge in [0.25, 0.3) is 5.91 Å². The van der Waals surface area contributed by atoms with Gasteiger partial charge in [-0.2, -0.15) is 0 Å². The fraction of sp³-hybridized carbons (Fsp3) is 0.533. The van der Waals surface area contributed by atoms with Crippen LogP contribution >= 0.6 is 11.3 Å². The molecule has 0 aromatic carbocycles. The molecule has 1 unspecified atom stereocenters. The second-order valence-electron chi connectivity index (χ2n) is 5.85. The molecule has 1 aliphatic rings. The molecule has 9 nitrogen and oxygen atoms in total. The van der Waals surface area contributed by atoms with Gasteiger partial charge in [-0.05, 0) is 19.3 Å². The second-order valence-corrected chi connectivity index (χ2v) is 6.74. The van der Waals surface area contributed by atoms with E-state index in [1.807, 2.05) is 0 Å². The number of carboxylic acids is 1. The summed E-state index contributed by atoms with van der Waals surface area (Å²) in [6.45, 7) is 1.82. The number of rotatable bonds is 5. The Balaban J connectivity index is 2.04. The van der Waals surface area contributed by atoms with Crippen LogP contribution in [0.2, 0.25) is 0 Å². The third kappa shape index (κ3) is 4.75. The van der Waals surface area contributed by atoms with E-state index in [2.05, 4.69) is 0 Å². The van der Waals surface area contributed by atoms with Crippen molar-refractivity contribution in [3.8, 4) is 0 Å².